The van der Waals surface area contributed by atoms with Gasteiger partial charge in [-0.3, -0.25) is 4.79 Å². The minimum atomic E-state index is -0.359. The van der Waals surface area contributed by atoms with Gasteiger partial charge < -0.3 is 20.3 Å². The first-order valence-electron chi connectivity index (χ1n) is 12.5. The molecule has 0 saturated heterocycles. The van der Waals surface area contributed by atoms with Gasteiger partial charge in [0.25, 0.3) is 0 Å². The molecule has 3 amide bonds. The lowest BCUT2D eigenvalue weighted by Gasteiger charge is -2.22. The molecule has 3 aromatic carbocycles. The summed E-state index contributed by atoms with van der Waals surface area (Å²) in [6, 6.07) is 25.4. The standard InChI is InChI=1S/C29H30ClN5O3/c1-3-18-34(29(37)31-23-12-16-25(17-13-23)38-4-2)20-28(36)32-27-19-26(21-8-6-5-7-9-21)33-35(27)24-14-10-22(30)11-15-24/h5-17,19H,3-4,18,20H2,1-2H3,(H,31,37)(H,32,36). The third kappa shape index (κ3) is 6.92. The van der Waals surface area contributed by atoms with E-state index < -0.39 is 0 Å². The highest BCUT2D eigenvalue weighted by atomic mass is 35.5. The Morgan fingerprint density at radius 3 is 2.32 bits per heavy atom. The van der Waals surface area contributed by atoms with E-state index in [1.54, 1.807) is 41.1 Å². The summed E-state index contributed by atoms with van der Waals surface area (Å²) in [5.41, 5.74) is 2.98. The molecule has 0 unspecified atom stereocenters. The SMILES string of the molecule is CCCN(CC(=O)Nc1cc(-c2ccccc2)nn1-c1ccc(Cl)cc1)C(=O)Nc1ccc(OCC)cc1. The minimum absolute atomic E-state index is 0.122. The molecule has 8 nitrogen and oxygen atoms in total. The molecule has 0 atom stereocenters. The number of carbonyl (C=O) groups excluding carboxylic acids is 2. The van der Waals surface area contributed by atoms with Gasteiger partial charge in [-0.05, 0) is 61.9 Å². The van der Waals surface area contributed by atoms with Gasteiger partial charge in [-0.15, -0.1) is 0 Å². The highest BCUT2D eigenvalue weighted by molar-refractivity contribution is 6.30. The van der Waals surface area contributed by atoms with Crippen molar-refractivity contribution in [3.8, 4) is 22.7 Å². The normalized spacial score (nSPS) is 10.6. The molecule has 1 heterocycles. The van der Waals surface area contributed by atoms with Crippen LogP contribution in [-0.2, 0) is 4.79 Å². The molecule has 4 aromatic rings. The molecule has 0 aliphatic heterocycles. The fourth-order valence-electron chi connectivity index (χ4n) is 3.88. The van der Waals surface area contributed by atoms with Crippen molar-refractivity contribution in [2.75, 3.05) is 30.3 Å². The Bertz CT molecular complexity index is 1360. The molecule has 38 heavy (non-hydrogen) atoms. The highest BCUT2D eigenvalue weighted by Crippen LogP contribution is 2.25. The molecule has 4 rings (SSSR count). The molecule has 1 aromatic heterocycles. The predicted molar refractivity (Wildman–Crippen MR) is 151 cm³/mol. The van der Waals surface area contributed by atoms with E-state index in [0.717, 1.165) is 17.0 Å². The van der Waals surface area contributed by atoms with E-state index in [2.05, 4.69) is 10.6 Å². The second-order valence-corrected chi connectivity index (χ2v) is 8.96. The number of carbonyl (C=O) groups is 2. The summed E-state index contributed by atoms with van der Waals surface area (Å²) in [7, 11) is 0. The van der Waals surface area contributed by atoms with Crippen LogP contribution in [0.1, 0.15) is 20.3 Å². The maximum Gasteiger partial charge on any atom is 0.322 e. The van der Waals surface area contributed by atoms with Crippen molar-refractivity contribution >= 4 is 35.0 Å². The van der Waals surface area contributed by atoms with Gasteiger partial charge in [-0.25, -0.2) is 9.48 Å². The second-order valence-electron chi connectivity index (χ2n) is 8.53. The second kappa shape index (κ2) is 12.8. The van der Waals surface area contributed by atoms with Crippen molar-refractivity contribution in [1.82, 2.24) is 14.7 Å². The third-order valence-electron chi connectivity index (χ3n) is 5.65. The van der Waals surface area contributed by atoms with Crippen LogP contribution in [-0.4, -0.2) is 46.3 Å². The van der Waals surface area contributed by atoms with Crippen molar-refractivity contribution in [3.63, 3.8) is 0 Å². The van der Waals surface area contributed by atoms with Gasteiger partial charge in [0.2, 0.25) is 5.91 Å². The monoisotopic (exact) mass is 531 g/mol. The van der Waals surface area contributed by atoms with Gasteiger partial charge in [0.15, 0.2) is 0 Å². The number of hydrogen-bond acceptors (Lipinski definition) is 4. The molecule has 0 radical (unpaired) electrons. The van der Waals surface area contributed by atoms with Gasteiger partial charge in [-0.1, -0.05) is 48.9 Å². The summed E-state index contributed by atoms with van der Waals surface area (Å²) in [6.07, 6.45) is 0.699. The highest BCUT2D eigenvalue weighted by Gasteiger charge is 2.19. The molecular formula is C29H30ClN5O3. The molecule has 0 saturated carbocycles. The fraction of sp³-hybridized carbons (Fsp3) is 0.207. The Balaban J connectivity index is 1.51. The Labute approximate surface area is 227 Å². The average Bonchev–Trinajstić information content (AvgIpc) is 3.34. The third-order valence-corrected chi connectivity index (χ3v) is 5.90. The van der Waals surface area contributed by atoms with Crippen LogP contribution in [0.4, 0.5) is 16.3 Å². The maximum atomic E-state index is 13.1. The van der Waals surface area contributed by atoms with E-state index >= 15 is 0 Å². The van der Waals surface area contributed by atoms with Crippen molar-refractivity contribution in [1.29, 1.82) is 0 Å². The topological polar surface area (TPSA) is 88.5 Å². The van der Waals surface area contributed by atoms with Gasteiger partial charge in [0, 0.05) is 28.9 Å². The van der Waals surface area contributed by atoms with Gasteiger partial charge in [0.05, 0.1) is 18.0 Å². The summed E-state index contributed by atoms with van der Waals surface area (Å²) in [6.45, 7) is 4.73. The lowest BCUT2D eigenvalue weighted by atomic mass is 10.1. The predicted octanol–water partition coefficient (Wildman–Crippen LogP) is 6.47. The number of nitrogens with zero attached hydrogens (tertiary/aromatic N) is 3. The molecule has 0 fully saturated rings. The lowest BCUT2D eigenvalue weighted by Crippen LogP contribution is -2.41. The number of ether oxygens (including phenoxy) is 1. The quantitative estimate of drug-likeness (QED) is 0.245. The summed E-state index contributed by atoms with van der Waals surface area (Å²) in [5.74, 6) is 0.872. The maximum absolute atomic E-state index is 13.1. The van der Waals surface area contributed by atoms with Crippen LogP contribution < -0.4 is 15.4 Å². The van der Waals surface area contributed by atoms with Crippen LogP contribution >= 0.6 is 11.6 Å². The van der Waals surface area contributed by atoms with Crippen LogP contribution in [0, 0.1) is 0 Å². The number of rotatable bonds is 10. The molecule has 0 aliphatic rings. The smallest absolute Gasteiger partial charge is 0.322 e. The van der Waals surface area contributed by atoms with E-state index in [4.69, 9.17) is 21.4 Å². The van der Waals surface area contributed by atoms with Gasteiger partial charge in [-0.2, -0.15) is 5.10 Å². The van der Waals surface area contributed by atoms with Crippen LogP contribution in [0.25, 0.3) is 16.9 Å². The summed E-state index contributed by atoms with van der Waals surface area (Å²) in [5, 5.41) is 11.1. The molecular weight excluding hydrogens is 502 g/mol. The van der Waals surface area contributed by atoms with E-state index in [-0.39, 0.29) is 18.5 Å². The molecule has 0 spiro atoms. The van der Waals surface area contributed by atoms with Crippen molar-refractivity contribution in [3.05, 3.63) is 90.0 Å². The van der Waals surface area contributed by atoms with Crippen LogP contribution in [0.15, 0.2) is 84.9 Å². The zero-order valence-electron chi connectivity index (χ0n) is 21.4. The minimum Gasteiger partial charge on any atom is -0.494 e. The molecule has 0 bridgehead atoms. The number of hydrogen-bond donors (Lipinski definition) is 2. The number of halogens is 1. The first kappa shape index (κ1) is 26.8. The number of anilines is 2. The van der Waals surface area contributed by atoms with Crippen LogP contribution in [0.3, 0.4) is 0 Å². The van der Waals surface area contributed by atoms with Crippen LogP contribution in [0.2, 0.25) is 5.02 Å². The molecule has 0 aliphatic carbocycles. The summed E-state index contributed by atoms with van der Waals surface area (Å²) < 4.78 is 7.10. The fourth-order valence-corrected chi connectivity index (χ4v) is 4.01. The Morgan fingerprint density at radius 2 is 1.66 bits per heavy atom. The van der Waals surface area contributed by atoms with Gasteiger partial charge in [0.1, 0.15) is 18.1 Å². The molecule has 196 valence electrons. The lowest BCUT2D eigenvalue weighted by molar-refractivity contribution is -0.116. The Hall–Kier alpha value is -4.30. The van der Waals surface area contributed by atoms with Crippen molar-refractivity contribution in [2.45, 2.75) is 20.3 Å². The number of amides is 3. The molecule has 2 N–H and O–H groups in total. The summed E-state index contributed by atoms with van der Waals surface area (Å²) in [4.78, 5) is 27.6. The number of benzene rings is 3. The first-order valence-corrected chi connectivity index (χ1v) is 12.8. The van der Waals surface area contributed by atoms with E-state index in [0.29, 0.717) is 41.8 Å². The van der Waals surface area contributed by atoms with Crippen molar-refractivity contribution < 1.29 is 14.3 Å². The Morgan fingerprint density at radius 1 is 0.947 bits per heavy atom. The van der Waals surface area contributed by atoms with E-state index in [9.17, 15) is 9.59 Å². The average molecular weight is 532 g/mol. The zero-order valence-corrected chi connectivity index (χ0v) is 22.1. The van der Waals surface area contributed by atoms with Gasteiger partial charge >= 0.3 is 6.03 Å². The number of aromatic nitrogens is 2. The molecule has 9 heteroatoms. The Kier molecular flexibility index (Phi) is 9.00. The largest absolute Gasteiger partial charge is 0.494 e. The number of nitrogens with one attached hydrogen (secondary N) is 2. The first-order chi connectivity index (χ1) is 18.5. The zero-order chi connectivity index (χ0) is 26.9. The summed E-state index contributed by atoms with van der Waals surface area (Å²) >= 11 is 6.07. The van der Waals surface area contributed by atoms with Crippen molar-refractivity contribution in [2.24, 2.45) is 0 Å². The van der Waals surface area contributed by atoms with E-state index in [1.807, 2.05) is 62.4 Å². The van der Waals surface area contributed by atoms with Crippen LogP contribution in [0.5, 0.6) is 5.75 Å². The number of urea groups is 1. The van der Waals surface area contributed by atoms with E-state index in [1.165, 1.54) is 4.90 Å².